The monoisotopic (exact) mass is 472 g/mol. The van der Waals surface area contributed by atoms with Crippen molar-refractivity contribution in [3.05, 3.63) is 95.5 Å². The van der Waals surface area contributed by atoms with E-state index >= 15 is 0 Å². The molecule has 0 radical (unpaired) electrons. The number of rotatable bonds is 7. The van der Waals surface area contributed by atoms with E-state index in [0.717, 1.165) is 43.8 Å². The molecule has 35 heavy (non-hydrogen) atoms. The Morgan fingerprint density at radius 1 is 1.09 bits per heavy atom. The summed E-state index contributed by atoms with van der Waals surface area (Å²) in [6.45, 7) is 2.85. The smallest absolute Gasteiger partial charge is 0.287 e. The molecule has 6 heteroatoms. The van der Waals surface area contributed by atoms with Crippen LogP contribution in [-0.4, -0.2) is 50.8 Å². The summed E-state index contributed by atoms with van der Waals surface area (Å²) in [6, 6.07) is 19.7. The summed E-state index contributed by atoms with van der Waals surface area (Å²) in [5.74, 6) is 0.971. The van der Waals surface area contributed by atoms with E-state index in [1.165, 1.54) is 17.4 Å². The fourth-order valence-corrected chi connectivity index (χ4v) is 5.73. The number of nitrogens with zero attached hydrogens (tertiary/aromatic N) is 1. The second-order valence-corrected chi connectivity index (χ2v) is 9.30. The largest absolute Gasteiger partial charge is 0.497 e. The van der Waals surface area contributed by atoms with Crippen LogP contribution < -0.4 is 10.1 Å². The standard InChI is InChI=1S/C29H32N2O4/c1-33-22-13-11-21(12-14-22)7-5-17-31-18-15-29(16-19-31)24-9-4-3-8-23(24)26(27(29)34-2)30-28(32)25-10-6-20-35-25/h3-14,20,26-27H,15-19H2,1-2H3,(H,30,32)/b7-5+/t26-,27+/m1/s1. The summed E-state index contributed by atoms with van der Waals surface area (Å²) < 4.78 is 16.7. The average Bonchev–Trinajstić information content (AvgIpc) is 3.52. The molecule has 0 unspecified atom stereocenters. The second kappa shape index (κ2) is 10.1. The number of furan rings is 1. The highest BCUT2D eigenvalue weighted by Crippen LogP contribution is 2.52. The van der Waals surface area contributed by atoms with Crippen LogP contribution in [0.2, 0.25) is 0 Å². The third-order valence-electron chi connectivity index (χ3n) is 7.50. The number of carbonyl (C=O) groups is 1. The summed E-state index contributed by atoms with van der Waals surface area (Å²) in [6.07, 6.45) is 7.73. The van der Waals surface area contributed by atoms with Crippen LogP contribution in [0.15, 0.2) is 77.4 Å². The molecule has 1 aliphatic heterocycles. The molecule has 1 aromatic heterocycles. The number of carbonyl (C=O) groups excluding carboxylic acids is 1. The summed E-state index contributed by atoms with van der Waals surface area (Å²) in [5.41, 5.74) is 3.48. The third-order valence-corrected chi connectivity index (χ3v) is 7.50. The zero-order valence-electron chi connectivity index (χ0n) is 20.3. The van der Waals surface area contributed by atoms with E-state index in [2.05, 4.69) is 52.7 Å². The van der Waals surface area contributed by atoms with Gasteiger partial charge in [-0.15, -0.1) is 0 Å². The lowest BCUT2D eigenvalue weighted by atomic mass is 9.72. The molecule has 1 N–H and O–H groups in total. The average molecular weight is 473 g/mol. The third kappa shape index (κ3) is 4.51. The number of likely N-dealkylation sites (tertiary alicyclic amines) is 1. The number of benzene rings is 2. The van der Waals surface area contributed by atoms with Crippen molar-refractivity contribution in [3.8, 4) is 5.75 Å². The topological polar surface area (TPSA) is 63.9 Å². The van der Waals surface area contributed by atoms with E-state index < -0.39 is 0 Å². The molecule has 2 aliphatic rings. The molecule has 2 heterocycles. The Bertz CT molecular complexity index is 1160. The molecule has 0 saturated carbocycles. The summed E-state index contributed by atoms with van der Waals surface area (Å²) in [4.78, 5) is 15.3. The van der Waals surface area contributed by atoms with E-state index in [0.29, 0.717) is 5.76 Å². The lowest BCUT2D eigenvalue weighted by molar-refractivity contribution is -0.00992. The van der Waals surface area contributed by atoms with E-state index in [9.17, 15) is 4.79 Å². The molecule has 3 aromatic rings. The molecule has 1 aliphatic carbocycles. The SMILES string of the molecule is COc1ccc(/C=C/CN2CCC3(CC2)c2ccccc2[C@@H](NC(=O)c2ccco2)[C@@H]3OC)cc1. The summed E-state index contributed by atoms with van der Waals surface area (Å²) >= 11 is 0. The normalized spacial score (nSPS) is 21.3. The van der Waals surface area contributed by atoms with Gasteiger partial charge in [0.1, 0.15) is 5.75 Å². The van der Waals surface area contributed by atoms with Gasteiger partial charge in [0.15, 0.2) is 5.76 Å². The Balaban J connectivity index is 1.29. The van der Waals surface area contributed by atoms with Crippen molar-refractivity contribution < 1.29 is 18.7 Å². The van der Waals surface area contributed by atoms with Gasteiger partial charge in [-0.05, 0) is 66.9 Å². The van der Waals surface area contributed by atoms with Gasteiger partial charge < -0.3 is 19.2 Å². The first-order valence-electron chi connectivity index (χ1n) is 12.1. The van der Waals surface area contributed by atoms with Gasteiger partial charge in [-0.3, -0.25) is 9.69 Å². The molecule has 0 bridgehead atoms. The Labute approximate surface area is 206 Å². The van der Waals surface area contributed by atoms with E-state index in [1.807, 2.05) is 18.2 Å². The maximum Gasteiger partial charge on any atom is 0.287 e. The summed E-state index contributed by atoms with van der Waals surface area (Å²) in [5, 5.41) is 3.19. The first kappa shape index (κ1) is 23.4. The minimum Gasteiger partial charge on any atom is -0.497 e. The van der Waals surface area contributed by atoms with Gasteiger partial charge in [-0.1, -0.05) is 48.6 Å². The van der Waals surface area contributed by atoms with Gasteiger partial charge in [0.2, 0.25) is 0 Å². The maximum absolute atomic E-state index is 12.8. The van der Waals surface area contributed by atoms with Crippen molar-refractivity contribution in [2.45, 2.75) is 30.4 Å². The van der Waals surface area contributed by atoms with Crippen LogP contribution in [0.1, 0.15) is 46.1 Å². The van der Waals surface area contributed by atoms with Gasteiger partial charge in [0.25, 0.3) is 5.91 Å². The molecule has 1 fully saturated rings. The zero-order valence-corrected chi connectivity index (χ0v) is 20.3. The number of hydrogen-bond donors (Lipinski definition) is 1. The van der Waals surface area contributed by atoms with E-state index in [-0.39, 0.29) is 23.5 Å². The molecular weight excluding hydrogens is 440 g/mol. The first-order chi connectivity index (χ1) is 17.1. The summed E-state index contributed by atoms with van der Waals surface area (Å²) in [7, 11) is 3.44. The minimum absolute atomic E-state index is 0.122. The van der Waals surface area contributed by atoms with Crippen molar-refractivity contribution in [2.24, 2.45) is 0 Å². The maximum atomic E-state index is 12.8. The molecule has 1 spiro atoms. The fraction of sp³-hybridized carbons (Fsp3) is 0.345. The lowest BCUT2D eigenvalue weighted by Crippen LogP contribution is -2.50. The van der Waals surface area contributed by atoms with Crippen LogP contribution in [-0.2, 0) is 10.2 Å². The number of amides is 1. The van der Waals surface area contributed by atoms with E-state index in [4.69, 9.17) is 13.9 Å². The van der Waals surface area contributed by atoms with Crippen LogP contribution in [0.4, 0.5) is 0 Å². The van der Waals surface area contributed by atoms with Crippen LogP contribution >= 0.6 is 0 Å². The van der Waals surface area contributed by atoms with Crippen LogP contribution in [0.3, 0.4) is 0 Å². The lowest BCUT2D eigenvalue weighted by Gasteiger charge is -2.44. The Kier molecular flexibility index (Phi) is 6.75. The molecule has 182 valence electrons. The molecule has 2 atom stereocenters. The molecule has 1 saturated heterocycles. The van der Waals surface area contributed by atoms with Crippen LogP contribution in [0.5, 0.6) is 5.75 Å². The fourth-order valence-electron chi connectivity index (χ4n) is 5.73. The Hall–Kier alpha value is -3.35. The van der Waals surface area contributed by atoms with Gasteiger partial charge >= 0.3 is 0 Å². The first-order valence-corrected chi connectivity index (χ1v) is 12.1. The predicted molar refractivity (Wildman–Crippen MR) is 136 cm³/mol. The quantitative estimate of drug-likeness (QED) is 0.533. The minimum atomic E-state index is -0.213. The number of nitrogens with one attached hydrogen (secondary N) is 1. The highest BCUT2D eigenvalue weighted by atomic mass is 16.5. The number of piperidine rings is 1. The molecular formula is C29H32N2O4. The van der Waals surface area contributed by atoms with E-state index in [1.54, 1.807) is 26.4 Å². The van der Waals surface area contributed by atoms with Crippen molar-refractivity contribution >= 4 is 12.0 Å². The zero-order chi connectivity index (χ0) is 24.3. The molecule has 6 nitrogen and oxygen atoms in total. The number of hydrogen-bond acceptors (Lipinski definition) is 5. The molecule has 1 amide bonds. The number of methoxy groups -OCH3 is 2. The highest BCUT2D eigenvalue weighted by Gasteiger charge is 2.54. The Morgan fingerprint density at radius 3 is 2.54 bits per heavy atom. The number of ether oxygens (including phenoxy) is 2. The van der Waals surface area contributed by atoms with Gasteiger partial charge in [-0.25, -0.2) is 0 Å². The van der Waals surface area contributed by atoms with Crippen LogP contribution in [0, 0.1) is 0 Å². The number of fused-ring (bicyclic) bond motifs is 2. The molecule has 5 rings (SSSR count). The highest BCUT2D eigenvalue weighted by molar-refractivity contribution is 5.91. The predicted octanol–water partition coefficient (Wildman–Crippen LogP) is 4.83. The van der Waals surface area contributed by atoms with Gasteiger partial charge in [0, 0.05) is 19.1 Å². The molecule has 2 aromatic carbocycles. The van der Waals surface area contributed by atoms with Crippen molar-refractivity contribution in [2.75, 3.05) is 33.9 Å². The second-order valence-electron chi connectivity index (χ2n) is 9.30. The Morgan fingerprint density at radius 2 is 1.86 bits per heavy atom. The van der Waals surface area contributed by atoms with Crippen molar-refractivity contribution in [1.82, 2.24) is 10.2 Å². The van der Waals surface area contributed by atoms with Gasteiger partial charge in [0.05, 0.1) is 25.5 Å². The van der Waals surface area contributed by atoms with Crippen molar-refractivity contribution in [3.63, 3.8) is 0 Å². The van der Waals surface area contributed by atoms with Gasteiger partial charge in [-0.2, -0.15) is 0 Å². The van der Waals surface area contributed by atoms with Crippen molar-refractivity contribution in [1.29, 1.82) is 0 Å². The van der Waals surface area contributed by atoms with Crippen LogP contribution in [0.25, 0.3) is 6.08 Å².